The average molecular weight is 387 g/mol. The van der Waals surface area contributed by atoms with Crippen molar-refractivity contribution in [2.75, 3.05) is 0 Å². The summed E-state index contributed by atoms with van der Waals surface area (Å²) in [5.41, 5.74) is 0. The molecule has 0 unspecified atom stereocenters. The summed E-state index contributed by atoms with van der Waals surface area (Å²) in [6, 6.07) is 0. The van der Waals surface area contributed by atoms with Crippen molar-refractivity contribution in [2.45, 2.75) is 0 Å². The molecule has 4 heteroatoms. The molecule has 0 rings (SSSR count). The zero-order chi connectivity index (χ0) is 0. The summed E-state index contributed by atoms with van der Waals surface area (Å²) in [5.74, 6) is 0. The Balaban J connectivity index is 0. The minimum atomic E-state index is 0. The van der Waals surface area contributed by atoms with Crippen LogP contribution in [0.5, 0.6) is 0 Å². The van der Waals surface area contributed by atoms with Gasteiger partial charge in [0.2, 0.25) is 0 Å². The molecule has 0 aliphatic heterocycles. The van der Waals surface area contributed by atoms with Crippen molar-refractivity contribution < 1.29 is 50.6 Å². The topological polar surface area (TPSA) is 0 Å². The van der Waals surface area contributed by atoms with Gasteiger partial charge in [-0.3, -0.25) is 0 Å². The van der Waals surface area contributed by atoms with Crippen LogP contribution in [0, 0.1) is 0 Å². The molecule has 0 aliphatic rings. The normalized spacial score (nSPS) is 0. The SMILES string of the molecule is [Cu].[Fe].[Ni].[PbH2]. The summed E-state index contributed by atoms with van der Waals surface area (Å²) < 4.78 is 0. The van der Waals surface area contributed by atoms with E-state index in [1.807, 2.05) is 0 Å². The maximum absolute atomic E-state index is 0. The number of hydrogen-bond acceptors (Lipinski definition) is 0. The second kappa shape index (κ2) is 18.0. The predicted octanol–water partition coefficient (Wildman–Crippen LogP) is -0.924. The second-order valence-electron chi connectivity index (χ2n) is 0. The van der Waals surface area contributed by atoms with Gasteiger partial charge in [-0.05, 0) is 0 Å². The van der Waals surface area contributed by atoms with Crippen molar-refractivity contribution in [3.63, 3.8) is 0 Å². The summed E-state index contributed by atoms with van der Waals surface area (Å²) >= 11 is 0. The van der Waals surface area contributed by atoms with Gasteiger partial charge < -0.3 is 0 Å². The Hall–Kier alpha value is 2.45. The quantitative estimate of drug-likeness (QED) is 0.472. The first-order chi connectivity index (χ1) is 0. The van der Waals surface area contributed by atoms with E-state index in [9.17, 15) is 0 Å². The molecule has 4 heavy (non-hydrogen) atoms. The zero-order valence-corrected chi connectivity index (χ0v) is 10.2. The van der Waals surface area contributed by atoms with E-state index in [0.29, 0.717) is 0 Å². The Morgan fingerprint density at radius 3 is 1.00 bits per heavy atom. The standard InChI is InChI=1S/Cu.Fe.Ni.Pb.2H. The first-order valence-electron chi connectivity index (χ1n) is 0. The number of hydrogen-bond donors (Lipinski definition) is 0. The molecule has 0 aromatic carbocycles. The van der Waals surface area contributed by atoms with Crippen LogP contribution in [-0.4, -0.2) is 27.3 Å². The van der Waals surface area contributed by atoms with E-state index in [1.165, 1.54) is 0 Å². The molecular formula is H2CuFeNiPb. The summed E-state index contributed by atoms with van der Waals surface area (Å²) in [4.78, 5) is 0. The van der Waals surface area contributed by atoms with E-state index >= 15 is 0 Å². The Kier molecular flexibility index (Phi) is 143. The molecule has 0 spiro atoms. The molecule has 35 valence electrons. The Labute approximate surface area is 76.9 Å². The van der Waals surface area contributed by atoms with Crippen LogP contribution >= 0.6 is 0 Å². The monoisotopic (exact) mass is 387 g/mol. The summed E-state index contributed by atoms with van der Waals surface area (Å²) in [6.07, 6.45) is 0. The Morgan fingerprint density at radius 1 is 1.00 bits per heavy atom. The minimum absolute atomic E-state index is 0. The van der Waals surface area contributed by atoms with Gasteiger partial charge in [0.25, 0.3) is 0 Å². The maximum atomic E-state index is 0. The molecular weight excluding hydrogens is 385 g/mol. The van der Waals surface area contributed by atoms with Crippen molar-refractivity contribution in [1.82, 2.24) is 0 Å². The molecule has 0 amide bonds. The van der Waals surface area contributed by atoms with Crippen LogP contribution in [-0.2, 0) is 50.6 Å². The van der Waals surface area contributed by atoms with Crippen LogP contribution in [0.1, 0.15) is 0 Å². The van der Waals surface area contributed by atoms with Crippen molar-refractivity contribution in [1.29, 1.82) is 0 Å². The van der Waals surface area contributed by atoms with E-state index in [0.717, 1.165) is 0 Å². The van der Waals surface area contributed by atoms with Crippen molar-refractivity contribution in [2.24, 2.45) is 0 Å². The Morgan fingerprint density at radius 2 is 1.00 bits per heavy atom. The molecule has 0 atom stereocenters. The summed E-state index contributed by atoms with van der Waals surface area (Å²) in [5, 5.41) is 0. The molecule has 3 radical (unpaired) electrons. The molecule has 0 nitrogen and oxygen atoms in total. The summed E-state index contributed by atoms with van der Waals surface area (Å²) in [7, 11) is 0. The zero-order valence-electron chi connectivity index (χ0n) is 1.68. The van der Waals surface area contributed by atoms with Crippen molar-refractivity contribution in [3.8, 4) is 0 Å². The fourth-order valence-corrected chi connectivity index (χ4v) is 0. The van der Waals surface area contributed by atoms with Gasteiger partial charge in [-0.25, -0.2) is 0 Å². The average Bonchev–Trinajstić information content (AvgIpc) is 0. The van der Waals surface area contributed by atoms with E-state index in [-0.39, 0.29) is 77.9 Å². The number of rotatable bonds is 0. The van der Waals surface area contributed by atoms with Crippen molar-refractivity contribution >= 4 is 27.3 Å². The third kappa shape index (κ3) is 8.82. The second-order valence-corrected chi connectivity index (χ2v) is 0. The molecule has 0 saturated carbocycles. The van der Waals surface area contributed by atoms with Gasteiger partial charge in [0.1, 0.15) is 0 Å². The molecule has 0 fully saturated rings. The van der Waals surface area contributed by atoms with Gasteiger partial charge in [-0.1, -0.05) is 0 Å². The van der Waals surface area contributed by atoms with Gasteiger partial charge in [-0.15, -0.1) is 0 Å². The molecule has 0 heterocycles. The first-order valence-corrected chi connectivity index (χ1v) is 0. The third-order valence-electron chi connectivity index (χ3n) is 0. The molecule has 0 aromatic rings. The molecule has 0 saturated heterocycles. The van der Waals surface area contributed by atoms with Crippen LogP contribution < -0.4 is 0 Å². The molecule has 0 bridgehead atoms. The first kappa shape index (κ1) is 31.9. The predicted molar refractivity (Wildman–Crippen MR) is 8.54 cm³/mol. The van der Waals surface area contributed by atoms with Crippen LogP contribution in [0.4, 0.5) is 0 Å². The van der Waals surface area contributed by atoms with Gasteiger partial charge in [0.15, 0.2) is 0 Å². The van der Waals surface area contributed by atoms with Crippen LogP contribution in [0.15, 0.2) is 0 Å². The molecule has 0 N–H and O–H groups in total. The van der Waals surface area contributed by atoms with Crippen LogP contribution in [0.3, 0.4) is 0 Å². The summed E-state index contributed by atoms with van der Waals surface area (Å²) in [6.45, 7) is 0. The van der Waals surface area contributed by atoms with E-state index < -0.39 is 0 Å². The van der Waals surface area contributed by atoms with Crippen molar-refractivity contribution in [3.05, 3.63) is 0 Å². The fourth-order valence-electron chi connectivity index (χ4n) is 0. The third-order valence-corrected chi connectivity index (χ3v) is 0. The van der Waals surface area contributed by atoms with E-state index in [1.54, 1.807) is 0 Å². The van der Waals surface area contributed by atoms with Gasteiger partial charge in [0.05, 0.1) is 0 Å². The fraction of sp³-hybridized carbons (Fsp3) is 0. The van der Waals surface area contributed by atoms with Crippen LogP contribution in [0.25, 0.3) is 0 Å². The van der Waals surface area contributed by atoms with Crippen LogP contribution in [0.2, 0.25) is 0 Å². The van der Waals surface area contributed by atoms with Gasteiger partial charge in [-0.2, -0.15) is 0 Å². The van der Waals surface area contributed by atoms with Gasteiger partial charge in [0, 0.05) is 50.6 Å². The van der Waals surface area contributed by atoms with E-state index in [2.05, 4.69) is 0 Å². The Bertz CT molecular complexity index is 8.00. The molecule has 0 aromatic heterocycles. The van der Waals surface area contributed by atoms with Gasteiger partial charge >= 0.3 is 27.3 Å². The van der Waals surface area contributed by atoms with E-state index in [4.69, 9.17) is 0 Å². The molecule has 0 aliphatic carbocycles.